The average Bonchev–Trinajstić information content (AvgIpc) is 2.88. The van der Waals surface area contributed by atoms with Gasteiger partial charge in [-0.1, -0.05) is 42.5 Å². The minimum absolute atomic E-state index is 0.875. The Balaban J connectivity index is 2.13. The lowest BCUT2D eigenvalue weighted by atomic mass is 10.1. The molecule has 108 valence electrons. The fraction of sp³-hybridized carbons (Fsp3) is 0.105. The zero-order valence-corrected chi connectivity index (χ0v) is 12.7. The van der Waals surface area contributed by atoms with Gasteiger partial charge in [0, 0.05) is 11.6 Å². The maximum absolute atomic E-state index is 5.66. The van der Waals surface area contributed by atoms with E-state index in [4.69, 9.17) is 4.74 Å². The summed E-state index contributed by atoms with van der Waals surface area (Å²) in [4.78, 5) is 0. The molecule has 4 aromatic rings. The van der Waals surface area contributed by atoms with Crippen LogP contribution in [0.2, 0.25) is 0 Å². The van der Waals surface area contributed by atoms with Crippen LogP contribution in [0.15, 0.2) is 66.9 Å². The molecule has 0 radical (unpaired) electrons. The van der Waals surface area contributed by atoms with Gasteiger partial charge in [0.2, 0.25) is 5.75 Å². The molecule has 0 fully saturated rings. The smallest absolute Gasteiger partial charge is 0.330 e. The lowest BCUT2D eigenvalue weighted by Gasteiger charge is -2.04. The van der Waals surface area contributed by atoms with Crippen LogP contribution in [0.4, 0.5) is 0 Å². The monoisotopic (exact) mass is 289 g/mol. The lowest BCUT2D eigenvalue weighted by Crippen LogP contribution is -2.27. The molecule has 0 aliphatic rings. The molecule has 3 nitrogen and oxygen atoms in total. The third kappa shape index (κ3) is 1.79. The lowest BCUT2D eigenvalue weighted by molar-refractivity contribution is -0.618. The zero-order chi connectivity index (χ0) is 15.1. The predicted molar refractivity (Wildman–Crippen MR) is 88.1 cm³/mol. The van der Waals surface area contributed by atoms with E-state index in [9.17, 15) is 0 Å². The third-order valence-corrected chi connectivity index (χ3v) is 4.15. The van der Waals surface area contributed by atoms with Gasteiger partial charge in [0.25, 0.3) is 0 Å². The molecule has 2 aromatic heterocycles. The molecule has 0 N–H and O–H groups in total. The number of methoxy groups -OCH3 is 1. The standard InChI is InChI=1S/C19H17N2O/c1-20-16-10-6-7-11-17(16)21-13-15(12-18(22-2)19(20)21)14-8-4-3-5-9-14/h3-13H,1-2H3/q+1. The SMILES string of the molecule is COc1cc(-c2ccccc2)cn2c3ccccc3[n+](C)c12. The van der Waals surface area contributed by atoms with Gasteiger partial charge in [-0.3, -0.25) is 0 Å². The van der Waals surface area contributed by atoms with E-state index in [-0.39, 0.29) is 0 Å². The summed E-state index contributed by atoms with van der Waals surface area (Å²) in [6, 6.07) is 20.9. The second-order valence-electron chi connectivity index (χ2n) is 5.40. The molecule has 0 aliphatic heterocycles. The number of nitrogens with zero attached hydrogens (tertiary/aromatic N) is 2. The normalized spacial score (nSPS) is 11.2. The van der Waals surface area contributed by atoms with E-state index < -0.39 is 0 Å². The summed E-state index contributed by atoms with van der Waals surface area (Å²) in [5, 5.41) is 0. The van der Waals surface area contributed by atoms with Crippen molar-refractivity contribution in [3.05, 3.63) is 66.9 Å². The number of fused-ring (bicyclic) bond motifs is 3. The van der Waals surface area contributed by atoms with E-state index in [0.29, 0.717) is 0 Å². The first kappa shape index (κ1) is 12.9. The molecule has 0 amide bonds. The van der Waals surface area contributed by atoms with Gasteiger partial charge in [-0.25, -0.2) is 4.57 Å². The van der Waals surface area contributed by atoms with Crippen molar-refractivity contribution in [1.29, 1.82) is 0 Å². The number of rotatable bonds is 2. The van der Waals surface area contributed by atoms with Gasteiger partial charge in [-0.05, 0) is 17.7 Å². The van der Waals surface area contributed by atoms with Crippen molar-refractivity contribution in [2.24, 2.45) is 7.05 Å². The van der Waals surface area contributed by atoms with Crippen LogP contribution in [0.1, 0.15) is 0 Å². The second-order valence-corrected chi connectivity index (χ2v) is 5.40. The Kier molecular flexibility index (Phi) is 2.86. The Hall–Kier alpha value is -2.81. The molecular formula is C19H17N2O+. The summed E-state index contributed by atoms with van der Waals surface area (Å²) in [6.45, 7) is 0. The molecule has 0 unspecified atom stereocenters. The molecular weight excluding hydrogens is 272 g/mol. The molecule has 2 heterocycles. The number of pyridine rings is 1. The molecule has 0 atom stereocenters. The Morgan fingerprint density at radius 1 is 0.909 bits per heavy atom. The van der Waals surface area contributed by atoms with Gasteiger partial charge in [-0.15, -0.1) is 0 Å². The summed E-state index contributed by atoms with van der Waals surface area (Å²) in [7, 11) is 3.80. The van der Waals surface area contributed by atoms with Gasteiger partial charge in [0.1, 0.15) is 6.20 Å². The average molecular weight is 289 g/mol. The Morgan fingerprint density at radius 3 is 2.41 bits per heavy atom. The minimum Gasteiger partial charge on any atom is -0.489 e. The largest absolute Gasteiger partial charge is 0.489 e. The van der Waals surface area contributed by atoms with Gasteiger partial charge in [0.15, 0.2) is 11.0 Å². The molecule has 4 rings (SSSR count). The van der Waals surface area contributed by atoms with Crippen molar-refractivity contribution in [3.63, 3.8) is 0 Å². The number of aryl methyl sites for hydroxylation is 1. The Morgan fingerprint density at radius 2 is 1.64 bits per heavy atom. The van der Waals surface area contributed by atoms with Crippen LogP contribution in [0, 0.1) is 0 Å². The Bertz CT molecular complexity index is 971. The summed E-state index contributed by atoms with van der Waals surface area (Å²) in [5.41, 5.74) is 5.75. The molecule has 2 aromatic carbocycles. The molecule has 22 heavy (non-hydrogen) atoms. The first-order valence-corrected chi connectivity index (χ1v) is 7.32. The van der Waals surface area contributed by atoms with Gasteiger partial charge in [-0.2, -0.15) is 4.40 Å². The van der Waals surface area contributed by atoms with Gasteiger partial charge in [0.05, 0.1) is 14.2 Å². The Labute approximate surface area is 129 Å². The maximum Gasteiger partial charge on any atom is 0.330 e. The first-order valence-electron chi connectivity index (χ1n) is 7.32. The molecule has 0 bridgehead atoms. The van der Waals surface area contributed by atoms with E-state index >= 15 is 0 Å². The first-order chi connectivity index (χ1) is 10.8. The highest BCUT2D eigenvalue weighted by atomic mass is 16.5. The van der Waals surface area contributed by atoms with Crippen LogP contribution in [-0.2, 0) is 7.05 Å². The van der Waals surface area contributed by atoms with Crippen molar-refractivity contribution in [3.8, 4) is 16.9 Å². The van der Waals surface area contributed by atoms with E-state index in [0.717, 1.165) is 17.0 Å². The number of ether oxygens (including phenoxy) is 1. The fourth-order valence-electron chi connectivity index (χ4n) is 3.08. The number of hydrogen-bond donors (Lipinski definition) is 0. The molecule has 0 aliphatic carbocycles. The van der Waals surface area contributed by atoms with Crippen molar-refractivity contribution >= 4 is 16.7 Å². The number of hydrogen-bond acceptors (Lipinski definition) is 1. The van der Waals surface area contributed by atoms with Crippen LogP contribution in [-0.4, -0.2) is 11.5 Å². The summed E-state index contributed by atoms with van der Waals surface area (Å²) in [5.74, 6) is 0.875. The number of imidazole rings is 1. The molecule has 0 saturated carbocycles. The number of aromatic nitrogens is 2. The van der Waals surface area contributed by atoms with E-state index in [1.165, 1.54) is 16.6 Å². The third-order valence-electron chi connectivity index (χ3n) is 4.15. The van der Waals surface area contributed by atoms with Crippen molar-refractivity contribution in [1.82, 2.24) is 4.40 Å². The maximum atomic E-state index is 5.66. The second kappa shape index (κ2) is 4.88. The van der Waals surface area contributed by atoms with E-state index in [1.54, 1.807) is 7.11 Å². The van der Waals surface area contributed by atoms with E-state index in [1.807, 2.05) is 6.07 Å². The predicted octanol–water partition coefficient (Wildman–Crippen LogP) is 3.59. The van der Waals surface area contributed by atoms with Crippen LogP contribution in [0.5, 0.6) is 5.75 Å². The number of benzene rings is 2. The van der Waals surface area contributed by atoms with Crippen LogP contribution in [0.25, 0.3) is 27.8 Å². The zero-order valence-electron chi connectivity index (χ0n) is 12.7. The van der Waals surface area contributed by atoms with Crippen molar-refractivity contribution in [2.75, 3.05) is 7.11 Å². The van der Waals surface area contributed by atoms with Gasteiger partial charge >= 0.3 is 5.65 Å². The number of para-hydroxylation sites is 2. The van der Waals surface area contributed by atoms with Crippen LogP contribution >= 0.6 is 0 Å². The summed E-state index contributed by atoms with van der Waals surface area (Å²) < 4.78 is 10.0. The molecule has 0 saturated heterocycles. The van der Waals surface area contributed by atoms with Crippen LogP contribution in [0.3, 0.4) is 0 Å². The van der Waals surface area contributed by atoms with Crippen molar-refractivity contribution < 1.29 is 9.30 Å². The highest BCUT2D eigenvalue weighted by Crippen LogP contribution is 2.29. The summed E-state index contributed by atoms with van der Waals surface area (Å²) in [6.07, 6.45) is 2.18. The highest BCUT2D eigenvalue weighted by molar-refractivity contribution is 5.79. The van der Waals surface area contributed by atoms with E-state index in [2.05, 4.69) is 76.8 Å². The molecule has 3 heteroatoms. The topological polar surface area (TPSA) is 17.5 Å². The van der Waals surface area contributed by atoms with Gasteiger partial charge < -0.3 is 4.74 Å². The van der Waals surface area contributed by atoms with Crippen molar-refractivity contribution in [2.45, 2.75) is 0 Å². The highest BCUT2D eigenvalue weighted by Gasteiger charge is 2.21. The quantitative estimate of drug-likeness (QED) is 0.516. The van der Waals surface area contributed by atoms with Crippen LogP contribution < -0.4 is 9.30 Å². The summed E-state index contributed by atoms with van der Waals surface area (Å²) >= 11 is 0. The fourth-order valence-corrected chi connectivity index (χ4v) is 3.08. The molecule has 0 spiro atoms. The minimum atomic E-state index is 0.875.